The Balaban J connectivity index is 1.89. The zero-order chi connectivity index (χ0) is 18.4. The maximum atomic E-state index is 12.3. The van der Waals surface area contributed by atoms with Gasteiger partial charge in [0.25, 0.3) is 0 Å². The molecule has 0 amide bonds. The summed E-state index contributed by atoms with van der Waals surface area (Å²) in [5.74, 6) is 0.301. The Morgan fingerprint density at radius 2 is 1.35 bits per heavy atom. The van der Waals surface area contributed by atoms with Gasteiger partial charge in [-0.3, -0.25) is 0 Å². The van der Waals surface area contributed by atoms with Crippen LogP contribution in [0.1, 0.15) is 5.56 Å². The van der Waals surface area contributed by atoms with Crippen LogP contribution in [0, 0.1) is 0 Å². The molecule has 0 fully saturated rings. The molecule has 26 heavy (non-hydrogen) atoms. The Kier molecular flexibility index (Phi) is 5.22. The van der Waals surface area contributed by atoms with Crippen LogP contribution in [-0.4, -0.2) is 12.2 Å². The number of alkyl halides is 3. The predicted octanol–water partition coefficient (Wildman–Crippen LogP) is 5.78. The Hall–Kier alpha value is -3.28. The lowest BCUT2D eigenvalue weighted by Crippen LogP contribution is -2.16. The Bertz CT molecular complexity index is 861. The highest BCUT2D eigenvalue weighted by atomic mass is 19.4. The van der Waals surface area contributed by atoms with Gasteiger partial charge < -0.3 is 10.1 Å². The molecule has 132 valence electrons. The van der Waals surface area contributed by atoms with Crippen molar-refractivity contribution in [2.75, 3.05) is 5.32 Å². The molecule has 3 rings (SSSR count). The van der Waals surface area contributed by atoms with Crippen molar-refractivity contribution in [3.05, 3.63) is 90.5 Å². The molecule has 0 aliphatic heterocycles. The minimum atomic E-state index is -4.71. The molecular weight excluding hydrogens is 341 g/mol. The third-order valence-corrected chi connectivity index (χ3v) is 3.39. The lowest BCUT2D eigenvalue weighted by atomic mass is 10.2. The average Bonchev–Trinajstić information content (AvgIpc) is 2.63. The molecule has 0 spiro atoms. The molecule has 3 aromatic carbocycles. The van der Waals surface area contributed by atoms with E-state index >= 15 is 0 Å². The lowest BCUT2D eigenvalue weighted by molar-refractivity contribution is -0.274. The average molecular weight is 356 g/mol. The van der Waals surface area contributed by atoms with E-state index in [4.69, 9.17) is 0 Å². The van der Waals surface area contributed by atoms with Crippen LogP contribution in [0.3, 0.4) is 0 Å². The molecule has 0 aromatic heterocycles. The molecule has 0 bridgehead atoms. The van der Waals surface area contributed by atoms with Crippen LogP contribution in [0.25, 0.3) is 0 Å². The summed E-state index contributed by atoms with van der Waals surface area (Å²) >= 11 is 0. The van der Waals surface area contributed by atoms with E-state index in [0.717, 1.165) is 11.3 Å². The highest BCUT2D eigenvalue weighted by molar-refractivity contribution is 6.09. The molecule has 0 atom stereocenters. The normalized spacial score (nSPS) is 11.9. The highest BCUT2D eigenvalue weighted by Crippen LogP contribution is 2.25. The van der Waals surface area contributed by atoms with Crippen LogP contribution in [0.4, 0.5) is 24.5 Å². The first-order valence-corrected chi connectivity index (χ1v) is 7.82. The fraction of sp³-hybridized carbons (Fsp3) is 0.0500. The van der Waals surface area contributed by atoms with Crippen molar-refractivity contribution in [3.8, 4) is 5.75 Å². The van der Waals surface area contributed by atoms with Gasteiger partial charge in [-0.15, -0.1) is 13.2 Å². The molecule has 0 saturated heterocycles. The van der Waals surface area contributed by atoms with Crippen molar-refractivity contribution in [3.63, 3.8) is 0 Å². The maximum Gasteiger partial charge on any atom is 0.573 e. The fourth-order valence-corrected chi connectivity index (χ4v) is 2.27. The maximum absolute atomic E-state index is 12.3. The Morgan fingerprint density at radius 1 is 0.769 bits per heavy atom. The molecule has 0 aliphatic carbocycles. The minimum Gasteiger partial charge on any atom is -0.406 e. The largest absolute Gasteiger partial charge is 0.573 e. The van der Waals surface area contributed by atoms with Gasteiger partial charge in [0, 0.05) is 11.3 Å². The van der Waals surface area contributed by atoms with Crippen LogP contribution >= 0.6 is 0 Å². The van der Waals surface area contributed by atoms with Crippen LogP contribution < -0.4 is 10.1 Å². The fourth-order valence-electron chi connectivity index (χ4n) is 2.27. The van der Waals surface area contributed by atoms with Gasteiger partial charge in [-0.2, -0.15) is 0 Å². The Morgan fingerprint density at radius 3 is 1.92 bits per heavy atom. The number of hydrogen-bond donors (Lipinski definition) is 1. The number of ether oxygens (including phenoxy) is 1. The second-order valence-electron chi connectivity index (χ2n) is 5.36. The van der Waals surface area contributed by atoms with Crippen LogP contribution in [-0.2, 0) is 0 Å². The van der Waals surface area contributed by atoms with Crippen molar-refractivity contribution in [1.29, 1.82) is 0 Å². The first-order chi connectivity index (χ1) is 12.5. The summed E-state index contributed by atoms with van der Waals surface area (Å²) in [6, 6.07) is 24.4. The molecular formula is C20H15F3N2O. The van der Waals surface area contributed by atoms with E-state index in [9.17, 15) is 13.2 Å². The zero-order valence-electron chi connectivity index (χ0n) is 13.6. The molecule has 3 nitrogen and oxygen atoms in total. The molecule has 3 aromatic rings. The summed E-state index contributed by atoms with van der Waals surface area (Å²) in [6.07, 6.45) is -4.71. The summed E-state index contributed by atoms with van der Waals surface area (Å²) in [7, 11) is 0. The molecule has 0 saturated carbocycles. The molecule has 0 unspecified atom stereocenters. The van der Waals surface area contributed by atoms with Crippen molar-refractivity contribution in [2.24, 2.45) is 4.99 Å². The monoisotopic (exact) mass is 356 g/mol. The van der Waals surface area contributed by atoms with E-state index in [-0.39, 0.29) is 5.75 Å². The summed E-state index contributed by atoms with van der Waals surface area (Å²) in [5.41, 5.74) is 2.21. The van der Waals surface area contributed by atoms with Crippen molar-refractivity contribution >= 4 is 17.2 Å². The number of nitrogens with zero attached hydrogens (tertiary/aromatic N) is 1. The van der Waals surface area contributed by atoms with Crippen LogP contribution in [0.5, 0.6) is 5.75 Å². The first-order valence-electron chi connectivity index (χ1n) is 7.82. The van der Waals surface area contributed by atoms with E-state index in [1.54, 1.807) is 0 Å². The van der Waals surface area contributed by atoms with Gasteiger partial charge in [-0.05, 0) is 36.4 Å². The van der Waals surface area contributed by atoms with Gasteiger partial charge in [0.1, 0.15) is 11.6 Å². The van der Waals surface area contributed by atoms with E-state index in [2.05, 4.69) is 15.0 Å². The summed E-state index contributed by atoms with van der Waals surface area (Å²) in [5, 5.41) is 3.24. The van der Waals surface area contributed by atoms with Gasteiger partial charge in [0.05, 0.1) is 5.69 Å². The predicted molar refractivity (Wildman–Crippen MR) is 95.8 cm³/mol. The van der Waals surface area contributed by atoms with Crippen molar-refractivity contribution < 1.29 is 17.9 Å². The standard InChI is InChI=1S/C20H15F3N2O/c21-20(22,23)26-18-13-11-17(12-14-18)25-19(15-7-3-1-4-8-15)24-16-9-5-2-6-10-16/h1-14H,(H,24,25). The minimum absolute atomic E-state index is 0.284. The van der Waals surface area contributed by atoms with Gasteiger partial charge in [0.15, 0.2) is 0 Å². The summed E-state index contributed by atoms with van der Waals surface area (Å²) in [6.45, 7) is 0. The number of benzene rings is 3. The van der Waals surface area contributed by atoms with Crippen LogP contribution in [0.2, 0.25) is 0 Å². The number of nitrogens with one attached hydrogen (secondary N) is 1. The van der Waals surface area contributed by atoms with E-state index in [0.29, 0.717) is 11.5 Å². The first kappa shape index (κ1) is 17.5. The van der Waals surface area contributed by atoms with Crippen LogP contribution in [0.15, 0.2) is 89.9 Å². The van der Waals surface area contributed by atoms with E-state index < -0.39 is 6.36 Å². The highest BCUT2D eigenvalue weighted by Gasteiger charge is 2.30. The second-order valence-corrected chi connectivity index (χ2v) is 5.36. The second kappa shape index (κ2) is 7.74. The molecule has 0 aliphatic rings. The lowest BCUT2D eigenvalue weighted by Gasteiger charge is -2.11. The topological polar surface area (TPSA) is 33.6 Å². The number of amidine groups is 1. The summed E-state index contributed by atoms with van der Waals surface area (Å²) < 4.78 is 40.6. The van der Waals surface area contributed by atoms with Gasteiger partial charge in [0.2, 0.25) is 0 Å². The number of hydrogen-bond acceptors (Lipinski definition) is 2. The number of para-hydroxylation sites is 1. The number of anilines is 1. The van der Waals surface area contributed by atoms with E-state index in [1.807, 2.05) is 60.7 Å². The van der Waals surface area contributed by atoms with Crippen molar-refractivity contribution in [2.45, 2.75) is 6.36 Å². The molecule has 1 N–H and O–H groups in total. The molecule has 6 heteroatoms. The third kappa shape index (κ3) is 5.11. The zero-order valence-corrected chi connectivity index (χ0v) is 13.6. The number of aliphatic imine (C=N–C) groups is 1. The third-order valence-electron chi connectivity index (χ3n) is 3.39. The summed E-state index contributed by atoms with van der Waals surface area (Å²) in [4.78, 5) is 4.53. The van der Waals surface area contributed by atoms with Crippen molar-refractivity contribution in [1.82, 2.24) is 0 Å². The molecule has 0 radical (unpaired) electrons. The van der Waals surface area contributed by atoms with Gasteiger partial charge in [-0.1, -0.05) is 48.5 Å². The quantitative estimate of drug-likeness (QED) is 0.475. The smallest absolute Gasteiger partial charge is 0.406 e. The van der Waals surface area contributed by atoms with Gasteiger partial charge >= 0.3 is 6.36 Å². The number of halogens is 3. The van der Waals surface area contributed by atoms with E-state index in [1.165, 1.54) is 24.3 Å². The molecule has 0 heterocycles. The van der Waals surface area contributed by atoms with Gasteiger partial charge in [-0.25, -0.2) is 4.99 Å². The SMILES string of the molecule is FC(F)(F)Oc1ccc(N=C(Nc2ccccc2)c2ccccc2)cc1. The Labute approximate surface area is 148 Å². The number of rotatable bonds is 4.